The van der Waals surface area contributed by atoms with E-state index in [2.05, 4.69) is 34.6 Å². The molecule has 2 heteroatoms. The lowest BCUT2D eigenvalue weighted by Gasteiger charge is -2.16. The van der Waals surface area contributed by atoms with Gasteiger partial charge in [0.05, 0.1) is 7.11 Å². The Morgan fingerprint density at radius 1 is 0.696 bits per heavy atom. The molecule has 0 aliphatic heterocycles. The minimum Gasteiger partial charge on any atom is -0.469 e. The summed E-state index contributed by atoms with van der Waals surface area (Å²) in [6.07, 6.45) is 12.6. The van der Waals surface area contributed by atoms with E-state index in [0.717, 1.165) is 24.2 Å². The summed E-state index contributed by atoms with van der Waals surface area (Å²) in [5.41, 5.74) is 0. The molecule has 3 atom stereocenters. The highest BCUT2D eigenvalue weighted by Crippen LogP contribution is 2.22. The highest BCUT2D eigenvalue weighted by Gasteiger charge is 2.10. The van der Waals surface area contributed by atoms with Gasteiger partial charge in [-0.2, -0.15) is 0 Å². The molecule has 0 N–H and O–H groups in total. The Kier molecular flexibility index (Phi) is 13.5. The van der Waals surface area contributed by atoms with Crippen molar-refractivity contribution in [3.8, 4) is 0 Å². The zero-order valence-electron chi connectivity index (χ0n) is 16.7. The van der Waals surface area contributed by atoms with Gasteiger partial charge in [-0.25, -0.2) is 0 Å². The number of ether oxygens (including phenoxy) is 1. The van der Waals surface area contributed by atoms with Gasteiger partial charge < -0.3 is 4.74 Å². The predicted octanol–water partition coefficient (Wildman–Crippen LogP) is 6.62. The van der Waals surface area contributed by atoms with Gasteiger partial charge in [-0.15, -0.1) is 0 Å². The summed E-state index contributed by atoms with van der Waals surface area (Å²) in [5.74, 6) is 2.95. The molecule has 0 bridgehead atoms. The summed E-state index contributed by atoms with van der Waals surface area (Å²) in [7, 11) is 1.47. The molecule has 0 heterocycles. The van der Waals surface area contributed by atoms with Crippen molar-refractivity contribution >= 4 is 5.97 Å². The van der Waals surface area contributed by atoms with Crippen LogP contribution in [-0.4, -0.2) is 13.1 Å². The van der Waals surface area contributed by atoms with E-state index in [1.54, 1.807) is 0 Å². The minimum atomic E-state index is -0.0722. The highest BCUT2D eigenvalue weighted by atomic mass is 16.5. The molecular weight excluding hydrogens is 284 g/mol. The number of carbonyl (C=O) groups excluding carboxylic acids is 1. The van der Waals surface area contributed by atoms with Gasteiger partial charge in [0.1, 0.15) is 0 Å². The van der Waals surface area contributed by atoms with Crippen LogP contribution in [0.3, 0.4) is 0 Å². The number of hydrogen-bond donors (Lipinski definition) is 0. The van der Waals surface area contributed by atoms with E-state index in [-0.39, 0.29) is 5.97 Å². The zero-order valence-corrected chi connectivity index (χ0v) is 16.7. The van der Waals surface area contributed by atoms with Crippen molar-refractivity contribution in [3.63, 3.8) is 0 Å². The van der Waals surface area contributed by atoms with Crippen LogP contribution in [0.2, 0.25) is 0 Å². The Morgan fingerprint density at radius 2 is 1.09 bits per heavy atom. The first-order chi connectivity index (χ1) is 10.8. The minimum absolute atomic E-state index is 0.0722. The molecule has 0 aromatic heterocycles. The van der Waals surface area contributed by atoms with Gasteiger partial charge in [0.2, 0.25) is 0 Å². The van der Waals surface area contributed by atoms with Crippen molar-refractivity contribution < 1.29 is 9.53 Å². The summed E-state index contributed by atoms with van der Waals surface area (Å²) in [6.45, 7) is 11.6. The van der Waals surface area contributed by atoms with E-state index in [1.165, 1.54) is 58.5 Å². The molecule has 0 unspecified atom stereocenters. The average molecular weight is 327 g/mol. The number of rotatable bonds is 14. The van der Waals surface area contributed by atoms with E-state index in [9.17, 15) is 4.79 Å². The van der Waals surface area contributed by atoms with Crippen LogP contribution < -0.4 is 0 Å². The molecule has 0 aromatic carbocycles. The summed E-state index contributed by atoms with van der Waals surface area (Å²) in [4.78, 5) is 11.2. The fourth-order valence-electron chi connectivity index (χ4n) is 3.26. The van der Waals surface area contributed by atoms with Gasteiger partial charge in [-0.3, -0.25) is 4.79 Å². The zero-order chi connectivity index (χ0) is 17.7. The Hall–Kier alpha value is -0.530. The normalized spacial score (nSPS) is 15.4. The third kappa shape index (κ3) is 14.8. The van der Waals surface area contributed by atoms with Gasteiger partial charge in [0, 0.05) is 6.42 Å². The van der Waals surface area contributed by atoms with Crippen LogP contribution in [-0.2, 0) is 9.53 Å². The first kappa shape index (κ1) is 22.5. The molecule has 0 rings (SSSR count). The van der Waals surface area contributed by atoms with Crippen molar-refractivity contribution in [2.75, 3.05) is 7.11 Å². The van der Waals surface area contributed by atoms with Crippen LogP contribution in [0, 0.1) is 23.7 Å². The lowest BCUT2D eigenvalue weighted by Crippen LogP contribution is -2.07. The van der Waals surface area contributed by atoms with Crippen LogP contribution >= 0.6 is 0 Å². The maximum atomic E-state index is 11.2. The summed E-state index contributed by atoms with van der Waals surface area (Å²) < 4.78 is 4.73. The predicted molar refractivity (Wildman–Crippen MR) is 101 cm³/mol. The highest BCUT2D eigenvalue weighted by molar-refractivity contribution is 5.69. The second-order valence-electron chi connectivity index (χ2n) is 8.28. The molecule has 138 valence electrons. The maximum absolute atomic E-state index is 11.2. The molecule has 2 nitrogen and oxygen atoms in total. The Balaban J connectivity index is 3.56. The molecular formula is C21H42O2. The van der Waals surface area contributed by atoms with E-state index >= 15 is 0 Å². The molecule has 0 aliphatic rings. The molecule has 0 aliphatic carbocycles. The molecule has 0 saturated carbocycles. The van der Waals surface area contributed by atoms with Crippen molar-refractivity contribution in [1.29, 1.82) is 0 Å². The third-order valence-corrected chi connectivity index (χ3v) is 5.01. The fourth-order valence-corrected chi connectivity index (χ4v) is 3.26. The van der Waals surface area contributed by atoms with Crippen molar-refractivity contribution in [2.45, 2.75) is 98.8 Å². The van der Waals surface area contributed by atoms with E-state index in [1.807, 2.05) is 0 Å². The Morgan fingerprint density at radius 3 is 1.48 bits per heavy atom. The quantitative estimate of drug-likeness (QED) is 0.335. The second kappa shape index (κ2) is 13.9. The first-order valence-corrected chi connectivity index (χ1v) is 9.91. The summed E-state index contributed by atoms with van der Waals surface area (Å²) >= 11 is 0. The van der Waals surface area contributed by atoms with Crippen LogP contribution in [0.25, 0.3) is 0 Å². The fraction of sp³-hybridized carbons (Fsp3) is 0.952. The maximum Gasteiger partial charge on any atom is 0.305 e. The lowest BCUT2D eigenvalue weighted by molar-refractivity contribution is -0.141. The van der Waals surface area contributed by atoms with Gasteiger partial charge in [-0.1, -0.05) is 92.4 Å². The monoisotopic (exact) mass is 326 g/mol. The van der Waals surface area contributed by atoms with Crippen LogP contribution in [0.4, 0.5) is 0 Å². The van der Waals surface area contributed by atoms with Crippen LogP contribution in [0.15, 0.2) is 0 Å². The standard InChI is InChI=1S/C21H42O2/c1-17(2)10-7-11-18(3)12-8-13-19(4)14-9-15-20(5)16-21(22)23-6/h17-20H,7-16H2,1-6H3/t18-,19+,20-/m1/s1. The topological polar surface area (TPSA) is 26.3 Å². The molecule has 0 radical (unpaired) electrons. The van der Waals surface area contributed by atoms with E-state index < -0.39 is 0 Å². The molecule has 0 fully saturated rings. The molecule has 0 aromatic rings. The third-order valence-electron chi connectivity index (χ3n) is 5.01. The van der Waals surface area contributed by atoms with E-state index in [0.29, 0.717) is 12.3 Å². The van der Waals surface area contributed by atoms with Gasteiger partial charge in [0.25, 0.3) is 0 Å². The Labute approximate surface area is 145 Å². The molecule has 23 heavy (non-hydrogen) atoms. The van der Waals surface area contributed by atoms with Crippen LogP contribution in [0.5, 0.6) is 0 Å². The molecule has 0 spiro atoms. The average Bonchev–Trinajstić information content (AvgIpc) is 2.46. The summed E-state index contributed by atoms with van der Waals surface area (Å²) in [6, 6.07) is 0. The van der Waals surface area contributed by atoms with Crippen molar-refractivity contribution in [2.24, 2.45) is 23.7 Å². The van der Waals surface area contributed by atoms with Crippen molar-refractivity contribution in [3.05, 3.63) is 0 Å². The Bertz CT molecular complexity index is 286. The van der Waals surface area contributed by atoms with Crippen LogP contribution in [0.1, 0.15) is 98.8 Å². The summed E-state index contributed by atoms with van der Waals surface area (Å²) in [5, 5.41) is 0. The number of hydrogen-bond acceptors (Lipinski definition) is 2. The molecule has 0 saturated heterocycles. The lowest BCUT2D eigenvalue weighted by atomic mass is 9.91. The van der Waals surface area contributed by atoms with E-state index in [4.69, 9.17) is 4.74 Å². The van der Waals surface area contributed by atoms with Crippen molar-refractivity contribution in [1.82, 2.24) is 0 Å². The number of esters is 1. The first-order valence-electron chi connectivity index (χ1n) is 9.91. The smallest absolute Gasteiger partial charge is 0.305 e. The second-order valence-corrected chi connectivity index (χ2v) is 8.28. The number of carbonyl (C=O) groups is 1. The number of methoxy groups -OCH3 is 1. The van der Waals surface area contributed by atoms with Gasteiger partial charge >= 0.3 is 5.97 Å². The van der Waals surface area contributed by atoms with Gasteiger partial charge in [-0.05, 0) is 23.7 Å². The molecule has 0 amide bonds. The largest absolute Gasteiger partial charge is 0.469 e. The van der Waals surface area contributed by atoms with Gasteiger partial charge in [0.15, 0.2) is 0 Å². The SMILES string of the molecule is COC(=O)C[C@H](C)CCC[C@@H](C)CCC[C@H](C)CCCC(C)C.